The quantitative estimate of drug-likeness (QED) is 0.673. The molecule has 1 aliphatic rings. The molecule has 0 radical (unpaired) electrons. The van der Waals surface area contributed by atoms with Crippen molar-refractivity contribution >= 4 is 33.3 Å². The number of H-pyrrole nitrogens is 1. The average molecular weight is 378 g/mol. The molecule has 1 aliphatic carbocycles. The second-order valence-corrected chi connectivity index (χ2v) is 8.54. The molecule has 0 fully saturated rings. The number of rotatable bonds is 3. The number of aromatic nitrogens is 2. The molecule has 7 heteroatoms. The lowest BCUT2D eigenvalue weighted by atomic mass is 9.89. The second kappa shape index (κ2) is 6.53. The van der Waals surface area contributed by atoms with E-state index in [0.29, 0.717) is 22.4 Å². The van der Waals surface area contributed by atoms with Crippen LogP contribution >= 0.6 is 23.1 Å². The van der Waals surface area contributed by atoms with Gasteiger partial charge in [-0.05, 0) is 48.9 Å². The van der Waals surface area contributed by atoms with E-state index in [2.05, 4.69) is 16.9 Å². The minimum absolute atomic E-state index is 0.0991. The molecule has 2 heterocycles. The van der Waals surface area contributed by atoms with Gasteiger partial charge in [-0.3, -0.25) is 4.79 Å². The summed E-state index contributed by atoms with van der Waals surface area (Å²) < 4.78 is 26.3. The molecule has 0 aliphatic heterocycles. The van der Waals surface area contributed by atoms with Gasteiger partial charge in [-0.15, -0.1) is 23.1 Å². The van der Waals surface area contributed by atoms with Gasteiger partial charge in [-0.2, -0.15) is 0 Å². The summed E-state index contributed by atoms with van der Waals surface area (Å²) in [7, 11) is 0. The number of halogens is 2. The topological polar surface area (TPSA) is 45.8 Å². The predicted molar refractivity (Wildman–Crippen MR) is 97.3 cm³/mol. The third kappa shape index (κ3) is 3.22. The van der Waals surface area contributed by atoms with Crippen molar-refractivity contribution in [1.82, 2.24) is 9.97 Å². The first-order valence-electron chi connectivity index (χ1n) is 8.12. The molecule has 0 spiro atoms. The van der Waals surface area contributed by atoms with Gasteiger partial charge in [0, 0.05) is 9.77 Å². The normalized spacial score (nSPS) is 17.0. The lowest BCUT2D eigenvalue weighted by molar-refractivity contribution is 0.506. The zero-order valence-corrected chi connectivity index (χ0v) is 15.2. The number of thioether (sulfide) groups is 1. The number of aromatic amines is 1. The Labute approximate surface area is 151 Å². The molecule has 1 N–H and O–H groups in total. The molecular weight excluding hydrogens is 362 g/mol. The van der Waals surface area contributed by atoms with Crippen LogP contribution in [0.5, 0.6) is 0 Å². The number of nitrogens with one attached hydrogen (secondary N) is 1. The molecule has 4 rings (SSSR count). The lowest BCUT2D eigenvalue weighted by Gasteiger charge is -2.17. The summed E-state index contributed by atoms with van der Waals surface area (Å²) in [5.74, 6) is -0.144. The molecule has 25 heavy (non-hydrogen) atoms. The summed E-state index contributed by atoms with van der Waals surface area (Å²) in [5.41, 5.74) is 1.06. The van der Waals surface area contributed by atoms with Crippen molar-refractivity contribution in [3.63, 3.8) is 0 Å². The van der Waals surface area contributed by atoms with Crippen LogP contribution in [0, 0.1) is 17.6 Å². The van der Waals surface area contributed by atoms with Gasteiger partial charge in [0.25, 0.3) is 5.56 Å². The van der Waals surface area contributed by atoms with Gasteiger partial charge in [0.05, 0.1) is 11.1 Å². The van der Waals surface area contributed by atoms with Crippen molar-refractivity contribution in [1.29, 1.82) is 0 Å². The molecule has 1 atom stereocenters. The molecule has 0 amide bonds. The van der Waals surface area contributed by atoms with Crippen molar-refractivity contribution in [2.45, 2.75) is 36.8 Å². The summed E-state index contributed by atoms with van der Waals surface area (Å²) in [6.45, 7) is 2.23. The first-order valence-corrected chi connectivity index (χ1v) is 9.92. The first kappa shape index (κ1) is 16.7. The SMILES string of the molecule is C[C@@H]1CCc2c(sc3nc(CSc4ccc(F)c(F)c4)[nH]c(=O)c23)C1. The summed E-state index contributed by atoms with van der Waals surface area (Å²) in [5, 5.41) is 0.730. The van der Waals surface area contributed by atoms with Gasteiger partial charge in [0.2, 0.25) is 0 Å². The fraction of sp³-hybridized carbons (Fsp3) is 0.333. The van der Waals surface area contributed by atoms with Crippen LogP contribution in [-0.4, -0.2) is 9.97 Å². The molecule has 0 bridgehead atoms. The smallest absolute Gasteiger partial charge is 0.259 e. The minimum Gasteiger partial charge on any atom is -0.309 e. The Morgan fingerprint density at radius 2 is 2.20 bits per heavy atom. The molecule has 1 aromatic carbocycles. The van der Waals surface area contributed by atoms with Crippen LogP contribution in [0.2, 0.25) is 0 Å². The molecule has 3 nitrogen and oxygen atoms in total. The van der Waals surface area contributed by atoms with E-state index in [-0.39, 0.29) is 5.56 Å². The van der Waals surface area contributed by atoms with Crippen LogP contribution in [0.15, 0.2) is 27.9 Å². The Bertz CT molecular complexity index is 1010. The summed E-state index contributed by atoms with van der Waals surface area (Å²) in [6.07, 6.45) is 3.05. The number of benzene rings is 1. The van der Waals surface area contributed by atoms with Crippen LogP contribution in [0.25, 0.3) is 10.2 Å². The number of aryl methyl sites for hydroxylation is 1. The second-order valence-electron chi connectivity index (χ2n) is 6.41. The van der Waals surface area contributed by atoms with Crippen LogP contribution in [0.1, 0.15) is 29.6 Å². The van der Waals surface area contributed by atoms with E-state index in [4.69, 9.17) is 0 Å². The fourth-order valence-electron chi connectivity index (χ4n) is 3.18. The Kier molecular flexibility index (Phi) is 4.37. The van der Waals surface area contributed by atoms with E-state index in [1.165, 1.54) is 22.7 Å². The van der Waals surface area contributed by atoms with E-state index in [1.54, 1.807) is 11.3 Å². The zero-order valence-electron chi connectivity index (χ0n) is 13.6. The van der Waals surface area contributed by atoms with Gasteiger partial charge in [0.1, 0.15) is 10.7 Å². The van der Waals surface area contributed by atoms with Gasteiger partial charge in [0.15, 0.2) is 11.6 Å². The van der Waals surface area contributed by atoms with E-state index in [1.807, 2.05) is 0 Å². The maximum atomic E-state index is 13.3. The van der Waals surface area contributed by atoms with Gasteiger partial charge >= 0.3 is 0 Å². The summed E-state index contributed by atoms with van der Waals surface area (Å²) >= 11 is 2.92. The predicted octanol–water partition coefficient (Wildman–Crippen LogP) is 4.68. The summed E-state index contributed by atoms with van der Waals surface area (Å²) in [6, 6.07) is 3.78. The Morgan fingerprint density at radius 3 is 3.00 bits per heavy atom. The van der Waals surface area contributed by atoms with E-state index in [9.17, 15) is 13.6 Å². The highest BCUT2D eigenvalue weighted by Gasteiger charge is 2.23. The number of thiophene rings is 1. The molecular formula is C18H16F2N2OS2. The monoisotopic (exact) mass is 378 g/mol. The van der Waals surface area contributed by atoms with Crippen LogP contribution < -0.4 is 5.56 Å². The lowest BCUT2D eigenvalue weighted by Crippen LogP contribution is -2.14. The third-order valence-electron chi connectivity index (χ3n) is 4.48. The Balaban J connectivity index is 1.62. The molecule has 0 unspecified atom stereocenters. The zero-order chi connectivity index (χ0) is 17.6. The maximum Gasteiger partial charge on any atom is 0.259 e. The van der Waals surface area contributed by atoms with Gasteiger partial charge in [-0.1, -0.05) is 6.92 Å². The van der Waals surface area contributed by atoms with Crippen LogP contribution in [0.4, 0.5) is 8.78 Å². The molecule has 2 aromatic heterocycles. The van der Waals surface area contributed by atoms with E-state index in [0.717, 1.165) is 47.2 Å². The molecule has 3 aromatic rings. The van der Waals surface area contributed by atoms with Crippen molar-refractivity contribution in [3.8, 4) is 0 Å². The highest BCUT2D eigenvalue weighted by atomic mass is 32.2. The van der Waals surface area contributed by atoms with Crippen molar-refractivity contribution in [2.24, 2.45) is 5.92 Å². The molecule has 0 saturated carbocycles. The van der Waals surface area contributed by atoms with Gasteiger partial charge < -0.3 is 4.98 Å². The average Bonchev–Trinajstić information content (AvgIpc) is 2.93. The van der Waals surface area contributed by atoms with Crippen molar-refractivity contribution in [2.75, 3.05) is 0 Å². The number of hydrogen-bond acceptors (Lipinski definition) is 4. The molecule has 0 saturated heterocycles. The highest BCUT2D eigenvalue weighted by Crippen LogP contribution is 2.35. The van der Waals surface area contributed by atoms with E-state index < -0.39 is 11.6 Å². The van der Waals surface area contributed by atoms with Crippen molar-refractivity contribution < 1.29 is 8.78 Å². The standard InChI is InChI=1S/C18H16F2N2OS2/c1-9-2-4-11-14(6-9)25-18-16(11)17(23)21-15(22-18)8-24-10-3-5-12(19)13(20)7-10/h3,5,7,9H,2,4,6,8H2,1H3,(H,21,22,23)/t9-/m1/s1. The molecule has 130 valence electrons. The number of fused-ring (bicyclic) bond motifs is 3. The van der Waals surface area contributed by atoms with Crippen LogP contribution in [-0.2, 0) is 18.6 Å². The van der Waals surface area contributed by atoms with E-state index >= 15 is 0 Å². The number of nitrogens with zero attached hydrogens (tertiary/aromatic N) is 1. The maximum absolute atomic E-state index is 13.3. The third-order valence-corrected chi connectivity index (χ3v) is 6.63. The minimum atomic E-state index is -0.873. The largest absolute Gasteiger partial charge is 0.309 e. The van der Waals surface area contributed by atoms with Gasteiger partial charge in [-0.25, -0.2) is 13.8 Å². The van der Waals surface area contributed by atoms with Crippen molar-refractivity contribution in [3.05, 3.63) is 56.5 Å². The first-order chi connectivity index (χ1) is 12.0. The Morgan fingerprint density at radius 1 is 1.36 bits per heavy atom. The van der Waals surface area contributed by atoms with Crippen LogP contribution in [0.3, 0.4) is 0 Å². The Hall–Kier alpha value is -1.73. The fourth-order valence-corrected chi connectivity index (χ4v) is 5.37. The highest BCUT2D eigenvalue weighted by molar-refractivity contribution is 7.98. The summed E-state index contributed by atoms with van der Waals surface area (Å²) in [4.78, 5) is 22.6. The number of hydrogen-bond donors (Lipinski definition) is 1.